The van der Waals surface area contributed by atoms with Gasteiger partial charge in [0.05, 0.1) is 5.92 Å². The van der Waals surface area contributed by atoms with E-state index < -0.39 is 11.9 Å². The van der Waals surface area contributed by atoms with E-state index in [0.717, 1.165) is 39.0 Å². The molecule has 0 aromatic carbocycles. The smallest absolute Gasteiger partial charge is 0.320 e. The molecule has 0 spiro atoms. The Labute approximate surface area is 125 Å². The van der Waals surface area contributed by atoms with Gasteiger partial charge in [0.1, 0.15) is 0 Å². The second-order valence-corrected chi connectivity index (χ2v) is 6.54. The molecule has 0 bridgehead atoms. The highest BCUT2D eigenvalue weighted by Gasteiger charge is 2.34. The summed E-state index contributed by atoms with van der Waals surface area (Å²) in [5, 5.41) is 9.16. The van der Waals surface area contributed by atoms with Gasteiger partial charge in [-0.05, 0) is 38.6 Å². The second kappa shape index (κ2) is 6.22. The lowest BCUT2D eigenvalue weighted by molar-refractivity contribution is -0.143. The molecular weight excluding hydrogens is 270 g/mol. The summed E-state index contributed by atoms with van der Waals surface area (Å²) in [6.45, 7) is 4.95. The Morgan fingerprint density at radius 3 is 2.33 bits per heavy atom. The van der Waals surface area contributed by atoms with Gasteiger partial charge in [-0.1, -0.05) is 0 Å². The average Bonchev–Trinajstić information content (AvgIpc) is 2.83. The number of urea groups is 1. The molecule has 6 nitrogen and oxygen atoms in total. The molecule has 118 valence electrons. The third-order valence-corrected chi connectivity index (χ3v) is 5.12. The monoisotopic (exact) mass is 295 g/mol. The van der Waals surface area contributed by atoms with Gasteiger partial charge in [-0.15, -0.1) is 0 Å². The van der Waals surface area contributed by atoms with Gasteiger partial charge < -0.3 is 14.9 Å². The Hall–Kier alpha value is -1.30. The first-order valence-corrected chi connectivity index (χ1v) is 8.16. The summed E-state index contributed by atoms with van der Waals surface area (Å²) in [4.78, 5) is 30.1. The van der Waals surface area contributed by atoms with Crippen LogP contribution in [0.25, 0.3) is 0 Å². The molecule has 3 aliphatic rings. The number of carboxylic acids is 1. The number of piperidine rings is 1. The Morgan fingerprint density at radius 1 is 0.857 bits per heavy atom. The normalized spacial score (nSPS) is 30.9. The molecule has 3 rings (SSSR count). The van der Waals surface area contributed by atoms with Crippen LogP contribution >= 0.6 is 0 Å². The number of hydrogen-bond acceptors (Lipinski definition) is 3. The molecule has 0 saturated carbocycles. The van der Waals surface area contributed by atoms with Gasteiger partial charge in [-0.2, -0.15) is 0 Å². The van der Waals surface area contributed by atoms with Gasteiger partial charge in [-0.3, -0.25) is 9.69 Å². The van der Waals surface area contributed by atoms with E-state index in [1.807, 2.05) is 4.90 Å². The number of nitrogens with zero attached hydrogens (tertiary/aromatic N) is 3. The molecule has 6 heteroatoms. The number of carbonyl (C=O) groups excluding carboxylic acids is 1. The molecule has 1 unspecified atom stereocenters. The van der Waals surface area contributed by atoms with Crippen molar-refractivity contribution >= 4 is 12.0 Å². The van der Waals surface area contributed by atoms with Crippen LogP contribution in [-0.4, -0.2) is 77.1 Å². The quantitative estimate of drug-likeness (QED) is 0.786. The molecule has 3 heterocycles. The molecule has 1 N–H and O–H groups in total. The first-order valence-electron chi connectivity index (χ1n) is 8.16. The van der Waals surface area contributed by atoms with Gasteiger partial charge in [0.15, 0.2) is 0 Å². The van der Waals surface area contributed by atoms with E-state index in [0.29, 0.717) is 25.6 Å². The van der Waals surface area contributed by atoms with Crippen molar-refractivity contribution in [2.45, 2.75) is 38.1 Å². The van der Waals surface area contributed by atoms with Gasteiger partial charge in [0, 0.05) is 38.8 Å². The molecule has 2 amide bonds. The first-order chi connectivity index (χ1) is 10.1. The highest BCUT2D eigenvalue weighted by molar-refractivity contribution is 5.76. The van der Waals surface area contributed by atoms with Crippen LogP contribution in [0.4, 0.5) is 4.79 Å². The maximum atomic E-state index is 12.7. The van der Waals surface area contributed by atoms with Gasteiger partial charge in [0.2, 0.25) is 0 Å². The van der Waals surface area contributed by atoms with Crippen LogP contribution in [0.2, 0.25) is 0 Å². The number of rotatable bonds is 1. The number of carbonyl (C=O) groups is 2. The molecule has 0 aliphatic carbocycles. The summed E-state index contributed by atoms with van der Waals surface area (Å²) in [5.74, 6) is -1.16. The lowest BCUT2D eigenvalue weighted by Gasteiger charge is -2.35. The number of hydrogen-bond donors (Lipinski definition) is 1. The van der Waals surface area contributed by atoms with Gasteiger partial charge in [-0.25, -0.2) is 4.79 Å². The summed E-state index contributed by atoms with van der Waals surface area (Å²) >= 11 is 0. The molecule has 21 heavy (non-hydrogen) atoms. The number of fused-ring (bicyclic) bond motifs is 1. The van der Waals surface area contributed by atoms with Crippen LogP contribution in [-0.2, 0) is 4.79 Å². The number of carboxylic acid groups (broad SMARTS) is 1. The lowest BCUT2D eigenvalue weighted by Crippen LogP contribution is -2.50. The van der Waals surface area contributed by atoms with Crippen molar-refractivity contribution in [1.82, 2.24) is 14.7 Å². The fraction of sp³-hybridized carbons (Fsp3) is 0.867. The van der Waals surface area contributed by atoms with E-state index in [2.05, 4.69) is 4.90 Å². The molecule has 0 aromatic rings. The zero-order valence-electron chi connectivity index (χ0n) is 12.5. The highest BCUT2D eigenvalue weighted by Crippen LogP contribution is 2.23. The minimum atomic E-state index is -0.773. The summed E-state index contributed by atoms with van der Waals surface area (Å²) in [7, 11) is 0. The summed E-state index contributed by atoms with van der Waals surface area (Å²) in [6, 6.07) is 0.561. The van der Waals surface area contributed by atoms with E-state index in [9.17, 15) is 9.59 Å². The van der Waals surface area contributed by atoms with E-state index in [4.69, 9.17) is 5.11 Å². The Balaban J connectivity index is 1.62. The zero-order chi connectivity index (χ0) is 14.8. The van der Waals surface area contributed by atoms with Crippen molar-refractivity contribution in [2.75, 3.05) is 39.3 Å². The fourth-order valence-electron chi connectivity index (χ4n) is 3.93. The van der Waals surface area contributed by atoms with Gasteiger partial charge in [0.25, 0.3) is 0 Å². The van der Waals surface area contributed by atoms with Crippen molar-refractivity contribution < 1.29 is 14.7 Å². The van der Waals surface area contributed by atoms with Crippen LogP contribution in [0.3, 0.4) is 0 Å². The molecule has 0 aromatic heterocycles. The van der Waals surface area contributed by atoms with E-state index >= 15 is 0 Å². The first kappa shape index (κ1) is 14.6. The zero-order valence-corrected chi connectivity index (χ0v) is 12.5. The van der Waals surface area contributed by atoms with Crippen LogP contribution < -0.4 is 0 Å². The summed E-state index contributed by atoms with van der Waals surface area (Å²) < 4.78 is 0. The van der Waals surface area contributed by atoms with E-state index in [-0.39, 0.29) is 6.03 Å². The maximum absolute atomic E-state index is 12.7. The number of likely N-dealkylation sites (tertiary alicyclic amines) is 1. The topological polar surface area (TPSA) is 64.1 Å². The van der Waals surface area contributed by atoms with Crippen LogP contribution in [0.5, 0.6) is 0 Å². The predicted molar refractivity (Wildman–Crippen MR) is 78.1 cm³/mol. The molecule has 2 atom stereocenters. The third-order valence-electron chi connectivity index (χ3n) is 5.12. The van der Waals surface area contributed by atoms with Crippen molar-refractivity contribution in [3.63, 3.8) is 0 Å². The lowest BCUT2D eigenvalue weighted by atomic mass is 9.98. The number of amides is 2. The summed E-state index contributed by atoms with van der Waals surface area (Å²) in [5.41, 5.74) is 0. The summed E-state index contributed by atoms with van der Waals surface area (Å²) in [6.07, 6.45) is 4.93. The van der Waals surface area contributed by atoms with E-state index in [1.54, 1.807) is 4.90 Å². The van der Waals surface area contributed by atoms with Crippen LogP contribution in [0, 0.1) is 5.92 Å². The maximum Gasteiger partial charge on any atom is 0.320 e. The number of aliphatic carboxylic acids is 1. The van der Waals surface area contributed by atoms with Crippen molar-refractivity contribution in [1.29, 1.82) is 0 Å². The Kier molecular flexibility index (Phi) is 4.33. The molecule has 0 radical (unpaired) electrons. The largest absolute Gasteiger partial charge is 0.481 e. The van der Waals surface area contributed by atoms with Crippen molar-refractivity contribution in [3.8, 4) is 0 Å². The molecule has 3 aliphatic heterocycles. The fourth-order valence-corrected chi connectivity index (χ4v) is 3.93. The Bertz CT molecular complexity index is 415. The Morgan fingerprint density at radius 2 is 1.52 bits per heavy atom. The molecular formula is C15H25N3O3. The molecule has 3 fully saturated rings. The minimum absolute atomic E-state index is 0.0506. The second-order valence-electron chi connectivity index (χ2n) is 6.54. The molecule has 3 saturated heterocycles. The van der Waals surface area contributed by atoms with E-state index in [1.165, 1.54) is 12.8 Å². The van der Waals surface area contributed by atoms with Crippen LogP contribution in [0.1, 0.15) is 32.1 Å². The predicted octanol–water partition coefficient (Wildman–Crippen LogP) is 1.07. The van der Waals surface area contributed by atoms with Crippen molar-refractivity contribution in [2.24, 2.45) is 5.92 Å². The standard InChI is InChI=1S/C15H25N3O3/c19-14(20)12-4-1-7-17(10-12)15(21)18-9-3-8-16-6-2-5-13(16)11-18/h12-13H,1-11H2,(H,19,20)/t12-,13?/m0/s1. The minimum Gasteiger partial charge on any atom is -0.481 e. The average molecular weight is 295 g/mol. The SMILES string of the molecule is O=C(O)[C@H]1CCCN(C(=O)N2CCCN3CCCC3C2)C1. The van der Waals surface area contributed by atoms with Gasteiger partial charge >= 0.3 is 12.0 Å². The van der Waals surface area contributed by atoms with Crippen molar-refractivity contribution in [3.05, 3.63) is 0 Å². The highest BCUT2D eigenvalue weighted by atomic mass is 16.4. The third kappa shape index (κ3) is 3.15. The van der Waals surface area contributed by atoms with Crippen LogP contribution in [0.15, 0.2) is 0 Å².